The quantitative estimate of drug-likeness (QED) is 0.845. The van der Waals surface area contributed by atoms with Gasteiger partial charge in [0.05, 0.1) is 6.04 Å². The molecule has 0 bridgehead atoms. The lowest BCUT2D eigenvalue weighted by atomic mass is 9.85. The van der Waals surface area contributed by atoms with Gasteiger partial charge in [0.2, 0.25) is 0 Å². The monoisotopic (exact) mass is 240 g/mol. The van der Waals surface area contributed by atoms with Crippen molar-refractivity contribution < 1.29 is 5.11 Å². The molecule has 1 aromatic carbocycles. The number of fused-ring (bicyclic) bond motifs is 1. The van der Waals surface area contributed by atoms with Crippen molar-refractivity contribution in [2.75, 3.05) is 0 Å². The highest BCUT2D eigenvalue weighted by Crippen LogP contribution is 2.39. The van der Waals surface area contributed by atoms with Gasteiger partial charge in [-0.15, -0.1) is 0 Å². The second-order valence-corrected chi connectivity index (χ2v) is 4.90. The second kappa shape index (κ2) is 4.19. The molecule has 2 atom stereocenters. The van der Waals surface area contributed by atoms with Crippen LogP contribution in [0.1, 0.15) is 29.7 Å². The maximum absolute atomic E-state index is 10.8. The van der Waals surface area contributed by atoms with Crippen molar-refractivity contribution >= 4 is 0 Å². The van der Waals surface area contributed by atoms with Crippen LogP contribution >= 0.6 is 0 Å². The number of hydrogen-bond acceptors (Lipinski definition) is 3. The Morgan fingerprint density at radius 1 is 1.28 bits per heavy atom. The molecular weight excluding hydrogens is 224 g/mol. The van der Waals surface area contributed by atoms with Crippen LogP contribution in [0.3, 0.4) is 0 Å². The number of nitrogens with zero attached hydrogens (tertiary/aromatic N) is 1. The number of pyridine rings is 1. The fourth-order valence-electron chi connectivity index (χ4n) is 2.63. The zero-order chi connectivity index (χ0) is 12.6. The second-order valence-electron chi connectivity index (χ2n) is 4.90. The summed E-state index contributed by atoms with van der Waals surface area (Å²) in [6.45, 7) is 2.64. The SMILES string of the molecule is CC(O)(c1cccnc1)C1NCc2ccccc21. The normalized spacial score (nSPS) is 21.3. The van der Waals surface area contributed by atoms with Gasteiger partial charge >= 0.3 is 0 Å². The van der Waals surface area contributed by atoms with Gasteiger partial charge in [-0.25, -0.2) is 0 Å². The van der Waals surface area contributed by atoms with Crippen molar-refractivity contribution in [1.82, 2.24) is 10.3 Å². The molecule has 2 heterocycles. The lowest BCUT2D eigenvalue weighted by molar-refractivity contribution is 0.0174. The molecule has 3 heteroatoms. The highest BCUT2D eigenvalue weighted by molar-refractivity contribution is 5.38. The molecule has 1 aromatic heterocycles. The summed E-state index contributed by atoms with van der Waals surface area (Å²) in [6, 6.07) is 11.9. The first kappa shape index (κ1) is 11.4. The molecular formula is C15H16N2O. The van der Waals surface area contributed by atoms with E-state index in [-0.39, 0.29) is 6.04 Å². The molecule has 3 rings (SSSR count). The minimum atomic E-state index is -0.957. The van der Waals surface area contributed by atoms with Crippen molar-refractivity contribution in [3.63, 3.8) is 0 Å². The Hall–Kier alpha value is -1.71. The molecule has 0 aliphatic carbocycles. The van der Waals surface area contributed by atoms with Gasteiger partial charge in [-0.1, -0.05) is 30.3 Å². The van der Waals surface area contributed by atoms with Crippen LogP contribution in [0.5, 0.6) is 0 Å². The minimum absolute atomic E-state index is 0.0853. The van der Waals surface area contributed by atoms with Gasteiger partial charge in [0, 0.05) is 24.5 Å². The van der Waals surface area contributed by atoms with Crippen LogP contribution in [0.2, 0.25) is 0 Å². The van der Waals surface area contributed by atoms with E-state index >= 15 is 0 Å². The Kier molecular flexibility index (Phi) is 2.65. The standard InChI is InChI=1S/C15H16N2O/c1-15(18,12-6-4-8-16-10-12)14-13-7-3-2-5-11(13)9-17-14/h2-8,10,14,17-18H,9H2,1H3. The summed E-state index contributed by atoms with van der Waals surface area (Å²) in [4.78, 5) is 4.09. The molecule has 0 saturated heterocycles. The lowest BCUT2D eigenvalue weighted by Crippen LogP contribution is -2.35. The fourth-order valence-corrected chi connectivity index (χ4v) is 2.63. The van der Waals surface area contributed by atoms with E-state index in [4.69, 9.17) is 0 Å². The number of rotatable bonds is 2. The average Bonchev–Trinajstić information content (AvgIpc) is 2.84. The van der Waals surface area contributed by atoms with Gasteiger partial charge in [0.25, 0.3) is 0 Å². The molecule has 0 spiro atoms. The summed E-state index contributed by atoms with van der Waals surface area (Å²) >= 11 is 0. The number of benzene rings is 1. The van der Waals surface area contributed by atoms with Crippen LogP contribution in [-0.4, -0.2) is 10.1 Å². The minimum Gasteiger partial charge on any atom is -0.383 e. The zero-order valence-electron chi connectivity index (χ0n) is 10.3. The Balaban J connectivity index is 2.02. The van der Waals surface area contributed by atoms with E-state index in [1.807, 2.05) is 31.2 Å². The predicted octanol–water partition coefficient (Wildman–Crippen LogP) is 2.13. The molecule has 1 aliphatic heterocycles. The third-order valence-corrected chi connectivity index (χ3v) is 3.67. The predicted molar refractivity (Wildman–Crippen MR) is 69.8 cm³/mol. The molecule has 2 aromatic rings. The van der Waals surface area contributed by atoms with E-state index in [9.17, 15) is 5.11 Å². The zero-order valence-corrected chi connectivity index (χ0v) is 10.3. The van der Waals surface area contributed by atoms with E-state index in [0.717, 1.165) is 12.1 Å². The van der Waals surface area contributed by atoms with E-state index in [2.05, 4.69) is 22.4 Å². The van der Waals surface area contributed by atoms with Crippen LogP contribution < -0.4 is 5.32 Å². The van der Waals surface area contributed by atoms with E-state index < -0.39 is 5.60 Å². The Morgan fingerprint density at radius 3 is 2.89 bits per heavy atom. The van der Waals surface area contributed by atoms with Crippen molar-refractivity contribution in [2.45, 2.75) is 25.1 Å². The summed E-state index contributed by atoms with van der Waals surface area (Å²) in [5.41, 5.74) is 2.30. The van der Waals surface area contributed by atoms with Gasteiger partial charge in [0.1, 0.15) is 5.60 Å². The van der Waals surface area contributed by atoms with Crippen molar-refractivity contribution in [2.24, 2.45) is 0 Å². The molecule has 0 saturated carbocycles. The van der Waals surface area contributed by atoms with Gasteiger partial charge in [-0.3, -0.25) is 4.98 Å². The third-order valence-electron chi connectivity index (χ3n) is 3.67. The van der Waals surface area contributed by atoms with Gasteiger partial charge in [-0.2, -0.15) is 0 Å². The van der Waals surface area contributed by atoms with E-state index in [1.54, 1.807) is 12.4 Å². The Morgan fingerprint density at radius 2 is 2.11 bits per heavy atom. The lowest BCUT2D eigenvalue weighted by Gasteiger charge is -2.31. The Labute approximate surface area is 107 Å². The first-order chi connectivity index (χ1) is 8.69. The fraction of sp³-hybridized carbons (Fsp3) is 0.267. The summed E-state index contributed by atoms with van der Waals surface area (Å²) in [6.07, 6.45) is 3.44. The molecule has 0 fully saturated rings. The number of nitrogens with one attached hydrogen (secondary N) is 1. The van der Waals surface area contributed by atoms with Crippen LogP contribution in [0.25, 0.3) is 0 Å². The van der Waals surface area contributed by atoms with Gasteiger partial charge in [0.15, 0.2) is 0 Å². The Bertz CT molecular complexity index is 551. The highest BCUT2D eigenvalue weighted by atomic mass is 16.3. The summed E-state index contributed by atoms with van der Waals surface area (Å²) in [7, 11) is 0. The molecule has 3 nitrogen and oxygen atoms in total. The van der Waals surface area contributed by atoms with E-state index in [0.29, 0.717) is 0 Å². The van der Waals surface area contributed by atoms with Crippen LogP contribution in [0.15, 0.2) is 48.8 Å². The molecule has 0 amide bonds. The molecule has 92 valence electrons. The van der Waals surface area contributed by atoms with Crippen LogP contribution in [0.4, 0.5) is 0 Å². The molecule has 2 N–H and O–H groups in total. The van der Waals surface area contributed by atoms with Gasteiger partial charge in [-0.05, 0) is 24.1 Å². The van der Waals surface area contributed by atoms with Crippen LogP contribution in [-0.2, 0) is 12.1 Å². The molecule has 2 unspecified atom stereocenters. The average molecular weight is 240 g/mol. The van der Waals surface area contributed by atoms with Crippen molar-refractivity contribution in [1.29, 1.82) is 0 Å². The van der Waals surface area contributed by atoms with Crippen molar-refractivity contribution in [3.05, 3.63) is 65.5 Å². The van der Waals surface area contributed by atoms with Crippen LogP contribution in [0, 0.1) is 0 Å². The third kappa shape index (κ3) is 1.72. The summed E-state index contributed by atoms with van der Waals surface area (Å²) in [5.74, 6) is 0. The molecule has 1 aliphatic rings. The number of hydrogen-bond donors (Lipinski definition) is 2. The maximum atomic E-state index is 10.8. The molecule has 18 heavy (non-hydrogen) atoms. The largest absolute Gasteiger partial charge is 0.383 e. The summed E-state index contributed by atoms with van der Waals surface area (Å²) in [5, 5.41) is 14.2. The maximum Gasteiger partial charge on any atom is 0.108 e. The topological polar surface area (TPSA) is 45.2 Å². The van der Waals surface area contributed by atoms with Gasteiger partial charge < -0.3 is 10.4 Å². The number of aliphatic hydroxyl groups is 1. The first-order valence-electron chi connectivity index (χ1n) is 6.13. The smallest absolute Gasteiger partial charge is 0.108 e. The van der Waals surface area contributed by atoms with Crippen molar-refractivity contribution in [3.8, 4) is 0 Å². The summed E-state index contributed by atoms with van der Waals surface area (Å²) < 4.78 is 0. The first-order valence-corrected chi connectivity index (χ1v) is 6.13. The van der Waals surface area contributed by atoms with E-state index in [1.165, 1.54) is 11.1 Å². The molecule has 0 radical (unpaired) electrons. The number of aromatic nitrogens is 1. The highest BCUT2D eigenvalue weighted by Gasteiger charge is 2.38.